The van der Waals surface area contributed by atoms with E-state index < -0.39 is 0 Å². The first kappa shape index (κ1) is 19.1. The number of carbonyl (C=O) groups excluding carboxylic acids is 2. The minimum atomic E-state index is -0.381. The Hall–Kier alpha value is -2.27. The number of anilines is 1. The van der Waals surface area contributed by atoms with Crippen LogP contribution in [-0.2, 0) is 20.1 Å². The Morgan fingerprint density at radius 3 is 2.28 bits per heavy atom. The lowest BCUT2D eigenvalue weighted by atomic mass is 10.1. The monoisotopic (exact) mass is 357 g/mol. The third-order valence-electron chi connectivity index (χ3n) is 3.72. The molecule has 0 aromatic heterocycles. The molecule has 0 unspecified atom stereocenters. The molecule has 132 valence electrons. The van der Waals surface area contributed by atoms with Gasteiger partial charge >= 0.3 is 5.97 Å². The summed E-state index contributed by atoms with van der Waals surface area (Å²) < 4.78 is 5.04. The van der Waals surface area contributed by atoms with Gasteiger partial charge in [-0.2, -0.15) is 0 Å². The molecular formula is C20H23NO3S. The van der Waals surface area contributed by atoms with Gasteiger partial charge in [0, 0.05) is 11.4 Å². The van der Waals surface area contributed by atoms with E-state index in [9.17, 15) is 9.59 Å². The van der Waals surface area contributed by atoms with Crippen molar-refractivity contribution >= 4 is 29.3 Å². The van der Waals surface area contributed by atoms with Crippen LogP contribution >= 0.6 is 11.8 Å². The topological polar surface area (TPSA) is 55.4 Å². The fourth-order valence-corrected chi connectivity index (χ4v) is 3.09. The summed E-state index contributed by atoms with van der Waals surface area (Å²) in [5, 5.41) is 2.80. The van der Waals surface area contributed by atoms with Crippen molar-refractivity contribution in [3.05, 3.63) is 64.7 Å². The summed E-state index contributed by atoms with van der Waals surface area (Å²) in [7, 11) is 0. The summed E-state index contributed by atoms with van der Waals surface area (Å²) in [6, 6.07) is 14.0. The molecule has 0 saturated carbocycles. The highest BCUT2D eigenvalue weighted by atomic mass is 32.2. The Kier molecular flexibility index (Phi) is 7.07. The lowest BCUT2D eigenvalue weighted by Crippen LogP contribution is -2.22. The Bertz CT molecular complexity index is 721. The number of thioether (sulfide) groups is 1. The van der Waals surface area contributed by atoms with Gasteiger partial charge in [0.25, 0.3) is 5.91 Å². The molecule has 0 fully saturated rings. The number of hydrogen-bond acceptors (Lipinski definition) is 4. The van der Waals surface area contributed by atoms with E-state index in [1.807, 2.05) is 63.2 Å². The van der Waals surface area contributed by atoms with Crippen LogP contribution in [0.1, 0.15) is 22.3 Å². The van der Waals surface area contributed by atoms with E-state index in [1.54, 1.807) is 0 Å². The van der Waals surface area contributed by atoms with Crippen molar-refractivity contribution in [3.8, 4) is 0 Å². The molecule has 4 nitrogen and oxygen atoms in total. The highest BCUT2D eigenvalue weighted by molar-refractivity contribution is 7.99. The molecule has 1 N–H and O–H groups in total. The molecule has 25 heavy (non-hydrogen) atoms. The molecule has 0 radical (unpaired) electrons. The molecule has 2 aromatic carbocycles. The molecule has 0 aliphatic carbocycles. The van der Waals surface area contributed by atoms with E-state index in [4.69, 9.17) is 4.74 Å². The number of rotatable bonds is 7. The van der Waals surface area contributed by atoms with Gasteiger partial charge in [-0.05, 0) is 37.5 Å². The van der Waals surface area contributed by atoms with Crippen LogP contribution in [0.15, 0.2) is 42.5 Å². The minimum Gasteiger partial charge on any atom is -0.455 e. The van der Waals surface area contributed by atoms with Gasteiger partial charge in [-0.15, -0.1) is 11.8 Å². The van der Waals surface area contributed by atoms with E-state index in [0.717, 1.165) is 28.1 Å². The average Bonchev–Trinajstić information content (AvgIpc) is 2.58. The first-order chi connectivity index (χ1) is 12.0. The number of benzene rings is 2. The average molecular weight is 357 g/mol. The quantitative estimate of drug-likeness (QED) is 0.760. The summed E-state index contributed by atoms with van der Waals surface area (Å²) in [6.45, 7) is 5.63. The summed E-state index contributed by atoms with van der Waals surface area (Å²) in [6.07, 6.45) is 0. The van der Waals surface area contributed by atoms with Gasteiger partial charge in [0.2, 0.25) is 0 Å². The lowest BCUT2D eigenvalue weighted by Gasteiger charge is -2.11. The van der Waals surface area contributed by atoms with Gasteiger partial charge in [0.05, 0.1) is 5.75 Å². The maximum atomic E-state index is 12.0. The fourth-order valence-electron chi connectivity index (χ4n) is 2.31. The first-order valence-electron chi connectivity index (χ1n) is 8.10. The van der Waals surface area contributed by atoms with Gasteiger partial charge in [-0.1, -0.05) is 48.0 Å². The molecule has 0 spiro atoms. The van der Waals surface area contributed by atoms with E-state index in [0.29, 0.717) is 0 Å². The Labute approximate surface area is 153 Å². The minimum absolute atomic E-state index is 0.227. The first-order valence-corrected chi connectivity index (χ1v) is 9.26. The fraction of sp³-hybridized carbons (Fsp3) is 0.300. The number of amides is 1. The Morgan fingerprint density at radius 2 is 1.64 bits per heavy atom. The van der Waals surface area contributed by atoms with Crippen LogP contribution in [0.25, 0.3) is 0 Å². The second kappa shape index (κ2) is 9.28. The number of carbonyl (C=O) groups is 2. The molecule has 1 amide bonds. The maximum absolute atomic E-state index is 12.0. The van der Waals surface area contributed by atoms with Gasteiger partial charge in [0.1, 0.15) is 0 Å². The van der Waals surface area contributed by atoms with Crippen LogP contribution in [0.2, 0.25) is 0 Å². The molecule has 0 aliphatic heterocycles. The third-order valence-corrected chi connectivity index (χ3v) is 4.70. The van der Waals surface area contributed by atoms with Crippen LogP contribution < -0.4 is 5.32 Å². The molecule has 0 aliphatic rings. The molecule has 0 heterocycles. The SMILES string of the molecule is Cc1ccc(CSCC(=O)OCC(=O)Nc2c(C)cccc2C)cc1. The second-order valence-corrected chi connectivity index (χ2v) is 6.94. The van der Waals surface area contributed by atoms with Crippen molar-refractivity contribution in [2.24, 2.45) is 0 Å². The molecule has 5 heteroatoms. The van der Waals surface area contributed by atoms with Crippen molar-refractivity contribution in [2.45, 2.75) is 26.5 Å². The normalized spacial score (nSPS) is 10.4. The standard InChI is InChI=1S/C20H23NO3S/c1-14-7-9-17(10-8-14)12-25-13-19(23)24-11-18(22)21-20-15(2)5-4-6-16(20)3/h4-10H,11-13H2,1-3H3,(H,21,22). The molecule has 2 rings (SSSR count). The van der Waals surface area contributed by atoms with Crippen LogP contribution in [-0.4, -0.2) is 24.2 Å². The number of para-hydroxylation sites is 1. The predicted octanol–water partition coefficient (Wildman–Crippen LogP) is 4.03. The molecular weight excluding hydrogens is 334 g/mol. The summed E-state index contributed by atoms with van der Waals surface area (Å²) in [5.74, 6) is 0.261. The van der Waals surface area contributed by atoms with E-state index in [1.165, 1.54) is 17.3 Å². The molecule has 0 atom stereocenters. The number of ether oxygens (including phenoxy) is 1. The zero-order chi connectivity index (χ0) is 18.2. The van der Waals surface area contributed by atoms with Crippen molar-refractivity contribution in [2.75, 3.05) is 17.7 Å². The van der Waals surface area contributed by atoms with E-state index in [-0.39, 0.29) is 24.2 Å². The Balaban J connectivity index is 1.70. The summed E-state index contributed by atoms with van der Waals surface area (Å²) in [5.41, 5.74) is 5.11. The summed E-state index contributed by atoms with van der Waals surface area (Å²) >= 11 is 1.47. The molecule has 0 saturated heterocycles. The number of hydrogen-bond donors (Lipinski definition) is 1. The van der Waals surface area contributed by atoms with Gasteiger partial charge in [-0.25, -0.2) is 0 Å². The number of nitrogens with one attached hydrogen (secondary N) is 1. The number of esters is 1. The smallest absolute Gasteiger partial charge is 0.316 e. The highest BCUT2D eigenvalue weighted by Crippen LogP contribution is 2.19. The van der Waals surface area contributed by atoms with Gasteiger partial charge < -0.3 is 10.1 Å². The van der Waals surface area contributed by atoms with Crippen molar-refractivity contribution in [1.82, 2.24) is 0 Å². The van der Waals surface area contributed by atoms with Crippen LogP contribution in [0.4, 0.5) is 5.69 Å². The zero-order valence-electron chi connectivity index (χ0n) is 14.8. The zero-order valence-corrected chi connectivity index (χ0v) is 15.6. The predicted molar refractivity (Wildman–Crippen MR) is 103 cm³/mol. The largest absolute Gasteiger partial charge is 0.455 e. The lowest BCUT2D eigenvalue weighted by molar-refractivity contribution is -0.144. The van der Waals surface area contributed by atoms with Gasteiger partial charge in [0.15, 0.2) is 6.61 Å². The van der Waals surface area contributed by atoms with E-state index >= 15 is 0 Å². The third kappa shape index (κ3) is 6.27. The van der Waals surface area contributed by atoms with Crippen molar-refractivity contribution in [1.29, 1.82) is 0 Å². The van der Waals surface area contributed by atoms with E-state index in [2.05, 4.69) is 5.32 Å². The molecule has 2 aromatic rings. The Morgan fingerprint density at radius 1 is 1.00 bits per heavy atom. The van der Waals surface area contributed by atoms with Gasteiger partial charge in [-0.3, -0.25) is 9.59 Å². The summed E-state index contributed by atoms with van der Waals surface area (Å²) in [4.78, 5) is 23.7. The van der Waals surface area contributed by atoms with Crippen molar-refractivity contribution in [3.63, 3.8) is 0 Å². The molecule has 0 bridgehead atoms. The second-order valence-electron chi connectivity index (χ2n) is 5.95. The van der Waals surface area contributed by atoms with Crippen molar-refractivity contribution < 1.29 is 14.3 Å². The highest BCUT2D eigenvalue weighted by Gasteiger charge is 2.10. The maximum Gasteiger partial charge on any atom is 0.316 e. The number of aryl methyl sites for hydroxylation is 3. The van der Waals surface area contributed by atoms with Crippen LogP contribution in [0.3, 0.4) is 0 Å². The van der Waals surface area contributed by atoms with Crippen LogP contribution in [0.5, 0.6) is 0 Å². The van der Waals surface area contributed by atoms with Crippen LogP contribution in [0, 0.1) is 20.8 Å².